The van der Waals surface area contributed by atoms with E-state index in [0.29, 0.717) is 5.39 Å². The van der Waals surface area contributed by atoms with Gasteiger partial charge in [0.15, 0.2) is 10.9 Å². The summed E-state index contributed by atoms with van der Waals surface area (Å²) < 4.78 is 1.84. The molecular weight excluding hydrogens is 460 g/mol. The normalized spacial score (nSPS) is 10.6. The predicted molar refractivity (Wildman–Crippen MR) is 114 cm³/mol. The van der Waals surface area contributed by atoms with Crippen LogP contribution in [0.5, 0.6) is 0 Å². The highest BCUT2D eigenvalue weighted by atomic mass is 79.9. The summed E-state index contributed by atoms with van der Waals surface area (Å²) in [4.78, 5) is 29.0. The maximum absolute atomic E-state index is 11.5. The molecule has 2 N–H and O–H groups in total. The van der Waals surface area contributed by atoms with Crippen molar-refractivity contribution >= 4 is 53.7 Å². The molecular formula is C20H16Br2N2O2. The Kier molecular flexibility index (Phi) is 5.44. The van der Waals surface area contributed by atoms with Crippen LogP contribution in [-0.4, -0.2) is 9.97 Å². The van der Waals surface area contributed by atoms with Gasteiger partial charge in [-0.2, -0.15) is 0 Å². The summed E-state index contributed by atoms with van der Waals surface area (Å²) in [6.45, 7) is 3.93. The summed E-state index contributed by atoms with van der Waals surface area (Å²) >= 11 is 6.76. The minimum Gasteiger partial charge on any atom is -0.361 e. The van der Waals surface area contributed by atoms with E-state index in [0.717, 1.165) is 36.5 Å². The van der Waals surface area contributed by atoms with Crippen LogP contribution in [0.2, 0.25) is 0 Å². The zero-order chi connectivity index (χ0) is 18.8. The van der Waals surface area contributed by atoms with E-state index in [1.165, 1.54) is 6.07 Å². The molecule has 0 radical (unpaired) electrons. The molecule has 0 bridgehead atoms. The first-order chi connectivity index (χ1) is 12.4. The number of hydrogen-bond donors (Lipinski definition) is 2. The van der Waals surface area contributed by atoms with Crippen molar-refractivity contribution in [1.29, 1.82) is 0 Å². The molecule has 0 aliphatic heterocycles. The first kappa shape index (κ1) is 18.6. The number of halogens is 2. The van der Waals surface area contributed by atoms with Gasteiger partial charge in [-0.25, -0.2) is 0 Å². The molecule has 0 saturated heterocycles. The van der Waals surface area contributed by atoms with Crippen molar-refractivity contribution in [3.63, 3.8) is 0 Å². The van der Waals surface area contributed by atoms with E-state index in [4.69, 9.17) is 0 Å². The molecule has 0 amide bonds. The van der Waals surface area contributed by atoms with Crippen molar-refractivity contribution in [1.82, 2.24) is 9.97 Å². The molecule has 0 fully saturated rings. The zero-order valence-corrected chi connectivity index (χ0v) is 17.4. The summed E-state index contributed by atoms with van der Waals surface area (Å²) in [6.07, 6.45) is 3.33. The fourth-order valence-corrected chi connectivity index (χ4v) is 4.21. The molecule has 26 heavy (non-hydrogen) atoms. The molecule has 2 aromatic heterocycles. The molecule has 132 valence electrons. The van der Waals surface area contributed by atoms with Gasteiger partial charge in [0, 0.05) is 38.9 Å². The van der Waals surface area contributed by atoms with E-state index < -0.39 is 0 Å². The van der Waals surface area contributed by atoms with E-state index in [-0.39, 0.29) is 10.9 Å². The van der Waals surface area contributed by atoms with Gasteiger partial charge in [-0.15, -0.1) is 0 Å². The topological polar surface area (TPSA) is 65.7 Å². The third kappa shape index (κ3) is 3.81. The Hall–Kier alpha value is -2.18. The van der Waals surface area contributed by atoms with Crippen molar-refractivity contribution < 1.29 is 0 Å². The van der Waals surface area contributed by atoms with Gasteiger partial charge in [0.25, 0.3) is 0 Å². The molecule has 4 nitrogen and oxygen atoms in total. The van der Waals surface area contributed by atoms with Gasteiger partial charge in [0.05, 0.1) is 16.4 Å². The Labute approximate surface area is 166 Å². The lowest BCUT2D eigenvalue weighted by Gasteiger charge is -2.01. The maximum Gasteiger partial charge on any atom is 0.190 e. The Morgan fingerprint density at radius 2 is 1.35 bits per heavy atom. The number of fused-ring (bicyclic) bond motifs is 2. The molecule has 0 aliphatic rings. The highest BCUT2D eigenvalue weighted by molar-refractivity contribution is 9.11. The molecule has 4 aromatic rings. The number of benzene rings is 2. The number of pyridine rings is 2. The largest absolute Gasteiger partial charge is 0.361 e. The van der Waals surface area contributed by atoms with E-state index in [2.05, 4.69) is 41.8 Å². The minimum atomic E-state index is 0.0422. The van der Waals surface area contributed by atoms with Gasteiger partial charge >= 0.3 is 0 Å². The van der Waals surface area contributed by atoms with Crippen LogP contribution in [0.4, 0.5) is 0 Å². The van der Waals surface area contributed by atoms with Crippen LogP contribution in [0.25, 0.3) is 21.8 Å². The van der Waals surface area contributed by atoms with Crippen molar-refractivity contribution in [3.05, 3.63) is 89.3 Å². The minimum absolute atomic E-state index is 0.0422. The van der Waals surface area contributed by atoms with Crippen LogP contribution in [0.15, 0.2) is 67.3 Å². The lowest BCUT2D eigenvalue weighted by atomic mass is 10.1. The standard InChI is InChI=1S/2C10H8BrNO/c1-6-4-7(11)5-8-10(6)9(13)2-3-12-8;1-6-4-7(11)10-8(5-6)12-3-2-9(10)13/h2*2-5H,1H3,(H,12,13). The Balaban J connectivity index is 0.000000151. The van der Waals surface area contributed by atoms with Crippen LogP contribution < -0.4 is 10.9 Å². The summed E-state index contributed by atoms with van der Waals surface area (Å²) in [5.41, 5.74) is 3.98. The van der Waals surface area contributed by atoms with Crippen LogP contribution in [-0.2, 0) is 0 Å². The molecule has 0 saturated carbocycles. The Morgan fingerprint density at radius 1 is 0.769 bits per heavy atom. The Morgan fingerprint density at radius 3 is 2.00 bits per heavy atom. The zero-order valence-electron chi connectivity index (χ0n) is 14.2. The fourth-order valence-electron chi connectivity index (χ4n) is 2.87. The van der Waals surface area contributed by atoms with Crippen LogP contribution in [0.3, 0.4) is 0 Å². The second-order valence-corrected chi connectivity index (χ2v) is 7.77. The number of rotatable bonds is 0. The maximum atomic E-state index is 11.5. The predicted octanol–water partition coefficient (Wildman–Crippen LogP) is 5.20. The lowest BCUT2D eigenvalue weighted by molar-refractivity contribution is 1.36. The van der Waals surface area contributed by atoms with E-state index >= 15 is 0 Å². The monoisotopic (exact) mass is 474 g/mol. The number of nitrogens with one attached hydrogen (secondary N) is 2. The van der Waals surface area contributed by atoms with Crippen LogP contribution >= 0.6 is 31.9 Å². The summed E-state index contributed by atoms with van der Waals surface area (Å²) in [5, 5.41) is 1.49. The van der Waals surface area contributed by atoms with Gasteiger partial charge in [0.1, 0.15) is 0 Å². The molecule has 0 spiro atoms. The third-order valence-electron chi connectivity index (χ3n) is 3.97. The molecule has 6 heteroatoms. The second kappa shape index (κ2) is 7.60. The second-order valence-electron chi connectivity index (χ2n) is 6.00. The SMILES string of the molecule is Cc1cc(Br)c2c(=O)cc[nH]c2c1.Cc1cc(Br)cc2[nH]ccc(=O)c12. The van der Waals surface area contributed by atoms with Crippen LogP contribution in [0, 0.1) is 13.8 Å². The first-order valence-corrected chi connectivity index (χ1v) is 9.50. The average molecular weight is 476 g/mol. The van der Waals surface area contributed by atoms with Gasteiger partial charge in [-0.3, -0.25) is 9.59 Å². The van der Waals surface area contributed by atoms with Crippen molar-refractivity contribution in [2.45, 2.75) is 13.8 Å². The highest BCUT2D eigenvalue weighted by Crippen LogP contribution is 2.21. The van der Waals surface area contributed by atoms with Gasteiger partial charge in [0.2, 0.25) is 0 Å². The summed E-state index contributed by atoms with van der Waals surface area (Å²) in [5.74, 6) is 0. The van der Waals surface area contributed by atoms with Crippen molar-refractivity contribution in [3.8, 4) is 0 Å². The third-order valence-corrected chi connectivity index (χ3v) is 5.06. The summed E-state index contributed by atoms with van der Waals surface area (Å²) in [7, 11) is 0. The molecule has 2 aromatic carbocycles. The van der Waals surface area contributed by atoms with Crippen molar-refractivity contribution in [2.24, 2.45) is 0 Å². The van der Waals surface area contributed by atoms with Crippen LogP contribution in [0.1, 0.15) is 11.1 Å². The molecule has 0 unspecified atom stereocenters. The van der Waals surface area contributed by atoms with E-state index in [1.807, 2.05) is 38.1 Å². The molecule has 0 atom stereocenters. The smallest absolute Gasteiger partial charge is 0.190 e. The lowest BCUT2D eigenvalue weighted by Crippen LogP contribution is -2.01. The molecule has 4 rings (SSSR count). The molecule has 2 heterocycles. The van der Waals surface area contributed by atoms with Crippen molar-refractivity contribution in [2.75, 3.05) is 0 Å². The average Bonchev–Trinajstić information content (AvgIpc) is 2.54. The van der Waals surface area contributed by atoms with E-state index in [9.17, 15) is 9.59 Å². The van der Waals surface area contributed by atoms with E-state index in [1.54, 1.807) is 18.5 Å². The first-order valence-electron chi connectivity index (χ1n) is 7.92. The van der Waals surface area contributed by atoms with Gasteiger partial charge in [-0.05, 0) is 65.2 Å². The van der Waals surface area contributed by atoms with Gasteiger partial charge < -0.3 is 9.97 Å². The quantitative estimate of drug-likeness (QED) is 0.367. The highest BCUT2D eigenvalue weighted by Gasteiger charge is 2.03. The number of aryl methyl sites for hydroxylation is 2. The number of hydrogen-bond acceptors (Lipinski definition) is 2. The Bertz CT molecular complexity index is 1130. The fraction of sp³-hybridized carbons (Fsp3) is 0.100. The number of aromatic amines is 2. The number of aromatic nitrogens is 2. The summed E-state index contributed by atoms with van der Waals surface area (Å²) in [6, 6.07) is 10.8. The molecule has 0 aliphatic carbocycles. The van der Waals surface area contributed by atoms with Gasteiger partial charge in [-0.1, -0.05) is 15.9 Å². The number of H-pyrrole nitrogens is 2.